The molecule has 3 N–H and O–H groups in total. The number of amides is 2. The number of pyridine rings is 1. The van der Waals surface area contributed by atoms with Crippen molar-refractivity contribution in [3.8, 4) is 11.4 Å². The Morgan fingerprint density at radius 3 is 2.52 bits per heavy atom. The molecule has 0 spiro atoms. The molecule has 150 valence electrons. The molecule has 0 bridgehead atoms. The first kappa shape index (κ1) is 20.3. The lowest BCUT2D eigenvalue weighted by Gasteiger charge is -2.21. The monoisotopic (exact) mass is 414 g/mol. The maximum absolute atomic E-state index is 12.6. The maximum Gasteiger partial charge on any atom is 0.340 e. The fourth-order valence-electron chi connectivity index (χ4n) is 2.48. The number of aromatic nitrogens is 3. The number of rotatable bonds is 7. The highest BCUT2D eigenvalue weighted by Gasteiger charge is 2.25. The Balaban J connectivity index is 1.62. The highest BCUT2D eigenvalue weighted by atomic mass is 35.5. The van der Waals surface area contributed by atoms with Crippen molar-refractivity contribution in [3.63, 3.8) is 0 Å². The molecule has 1 atom stereocenters. The Labute approximate surface area is 171 Å². The molecule has 0 radical (unpaired) electrons. The smallest absolute Gasteiger partial charge is 0.340 e. The third kappa shape index (κ3) is 5.08. The predicted molar refractivity (Wildman–Crippen MR) is 107 cm³/mol. The number of nitrogens with one attached hydrogen (secondary N) is 3. The van der Waals surface area contributed by atoms with Crippen molar-refractivity contribution in [2.75, 3.05) is 5.43 Å². The Hall–Kier alpha value is -3.46. The number of carbonyl (C=O) groups is 2. The highest BCUT2D eigenvalue weighted by Crippen LogP contribution is 2.17. The number of halogens is 1. The molecule has 0 aliphatic heterocycles. The van der Waals surface area contributed by atoms with Crippen LogP contribution in [0, 0.1) is 5.92 Å². The van der Waals surface area contributed by atoms with Crippen LogP contribution in [-0.4, -0.2) is 33.0 Å². The van der Waals surface area contributed by atoms with E-state index in [0.717, 1.165) is 5.56 Å². The van der Waals surface area contributed by atoms with E-state index in [-0.39, 0.29) is 11.9 Å². The fraction of sp³-hybridized carbons (Fsp3) is 0.211. The zero-order valence-corrected chi connectivity index (χ0v) is 16.5. The van der Waals surface area contributed by atoms with Gasteiger partial charge < -0.3 is 9.84 Å². The lowest BCUT2D eigenvalue weighted by atomic mass is 10.0. The van der Waals surface area contributed by atoms with Crippen molar-refractivity contribution >= 4 is 29.4 Å². The molecule has 9 nitrogen and oxygen atoms in total. The standard InChI is InChI=1S/C19H19ClN6O3/c1-11(2)15(22-17(27)13-5-3-4-6-14(13)20)18(28)24-25-19-23-16(26-29-19)12-7-9-21-10-8-12/h3-11,15H,1-2H3,(H,22,27)(H,24,28)(H,23,25,26). The van der Waals surface area contributed by atoms with Gasteiger partial charge in [0.05, 0.1) is 10.6 Å². The van der Waals surface area contributed by atoms with Crippen LogP contribution in [0.1, 0.15) is 24.2 Å². The van der Waals surface area contributed by atoms with Crippen LogP contribution >= 0.6 is 11.6 Å². The van der Waals surface area contributed by atoms with Gasteiger partial charge in [-0.15, -0.1) is 0 Å². The second kappa shape index (κ2) is 9.16. The summed E-state index contributed by atoms with van der Waals surface area (Å²) in [6.45, 7) is 3.62. The summed E-state index contributed by atoms with van der Waals surface area (Å²) in [6, 6.07) is 9.27. The minimum atomic E-state index is -0.811. The second-order valence-electron chi connectivity index (χ2n) is 6.45. The molecular formula is C19H19ClN6O3. The van der Waals surface area contributed by atoms with E-state index in [2.05, 4.69) is 31.3 Å². The lowest BCUT2D eigenvalue weighted by Crippen LogP contribution is -2.51. The van der Waals surface area contributed by atoms with Gasteiger partial charge in [0.2, 0.25) is 5.82 Å². The van der Waals surface area contributed by atoms with E-state index in [4.69, 9.17) is 16.1 Å². The van der Waals surface area contributed by atoms with Gasteiger partial charge in [-0.05, 0) is 30.2 Å². The summed E-state index contributed by atoms with van der Waals surface area (Å²) in [6.07, 6.45) is 3.21. The Morgan fingerprint density at radius 2 is 1.83 bits per heavy atom. The van der Waals surface area contributed by atoms with Gasteiger partial charge in [0, 0.05) is 18.0 Å². The summed E-state index contributed by atoms with van der Waals surface area (Å²) >= 11 is 6.05. The Morgan fingerprint density at radius 1 is 1.10 bits per heavy atom. The normalized spacial score (nSPS) is 11.7. The molecule has 10 heteroatoms. The first-order valence-electron chi connectivity index (χ1n) is 8.81. The predicted octanol–water partition coefficient (Wildman–Crippen LogP) is 2.68. The van der Waals surface area contributed by atoms with Gasteiger partial charge in [0.1, 0.15) is 6.04 Å². The zero-order chi connectivity index (χ0) is 20.8. The second-order valence-corrected chi connectivity index (χ2v) is 6.86. The average Bonchev–Trinajstić information content (AvgIpc) is 3.20. The Bertz CT molecular complexity index is 992. The molecule has 2 heterocycles. The van der Waals surface area contributed by atoms with Gasteiger partial charge in [-0.3, -0.25) is 20.0 Å². The van der Waals surface area contributed by atoms with E-state index in [0.29, 0.717) is 16.4 Å². The van der Waals surface area contributed by atoms with Gasteiger partial charge in [-0.1, -0.05) is 42.7 Å². The summed E-state index contributed by atoms with van der Waals surface area (Å²) in [5, 5.41) is 6.83. The number of benzene rings is 1. The SMILES string of the molecule is CC(C)C(NC(=O)c1ccccc1Cl)C(=O)NNc1nc(-c2ccncc2)no1. The summed E-state index contributed by atoms with van der Waals surface area (Å²) in [5.41, 5.74) is 6.04. The largest absolute Gasteiger partial charge is 0.340 e. The minimum Gasteiger partial charge on any atom is -0.340 e. The van der Waals surface area contributed by atoms with Crippen molar-refractivity contribution in [3.05, 3.63) is 59.4 Å². The summed E-state index contributed by atoms with van der Waals surface area (Å²) in [7, 11) is 0. The third-order valence-electron chi connectivity index (χ3n) is 4.01. The van der Waals surface area contributed by atoms with Crippen LogP contribution in [0.25, 0.3) is 11.4 Å². The van der Waals surface area contributed by atoms with E-state index in [1.807, 2.05) is 13.8 Å². The molecule has 0 aliphatic rings. The fourth-order valence-corrected chi connectivity index (χ4v) is 2.71. The molecule has 2 amide bonds. The highest BCUT2D eigenvalue weighted by molar-refractivity contribution is 6.33. The molecule has 1 aromatic carbocycles. The Kier molecular flexibility index (Phi) is 6.40. The van der Waals surface area contributed by atoms with Gasteiger partial charge in [-0.2, -0.15) is 4.98 Å². The quantitative estimate of drug-likeness (QED) is 0.508. The van der Waals surface area contributed by atoms with E-state index in [1.54, 1.807) is 48.8 Å². The van der Waals surface area contributed by atoms with Crippen LogP contribution in [0.5, 0.6) is 0 Å². The first-order chi connectivity index (χ1) is 14.0. The van der Waals surface area contributed by atoms with Crippen molar-refractivity contribution < 1.29 is 14.1 Å². The number of nitrogens with zero attached hydrogens (tertiary/aromatic N) is 3. The number of hydrogen-bond donors (Lipinski definition) is 3. The molecule has 1 unspecified atom stereocenters. The van der Waals surface area contributed by atoms with Crippen LogP contribution < -0.4 is 16.2 Å². The van der Waals surface area contributed by atoms with Crippen molar-refractivity contribution in [2.45, 2.75) is 19.9 Å². The van der Waals surface area contributed by atoms with Crippen molar-refractivity contribution in [2.24, 2.45) is 5.92 Å². The summed E-state index contributed by atoms with van der Waals surface area (Å²) < 4.78 is 5.06. The van der Waals surface area contributed by atoms with Crippen molar-refractivity contribution in [1.29, 1.82) is 0 Å². The lowest BCUT2D eigenvalue weighted by molar-refractivity contribution is -0.123. The summed E-state index contributed by atoms with van der Waals surface area (Å²) in [5.74, 6) is -0.749. The van der Waals surface area contributed by atoms with Gasteiger partial charge in [0.25, 0.3) is 11.8 Å². The van der Waals surface area contributed by atoms with Gasteiger partial charge in [-0.25, -0.2) is 5.43 Å². The molecule has 2 aromatic heterocycles. The molecule has 0 saturated carbocycles. The molecule has 0 fully saturated rings. The van der Waals surface area contributed by atoms with Crippen LogP contribution in [-0.2, 0) is 4.79 Å². The molecular weight excluding hydrogens is 396 g/mol. The van der Waals surface area contributed by atoms with Gasteiger partial charge in [0.15, 0.2) is 0 Å². The molecule has 3 aromatic rings. The summed E-state index contributed by atoms with van der Waals surface area (Å²) in [4.78, 5) is 33.1. The van der Waals surface area contributed by atoms with Crippen LogP contribution in [0.4, 0.5) is 6.01 Å². The van der Waals surface area contributed by atoms with Crippen LogP contribution in [0.3, 0.4) is 0 Å². The number of carbonyl (C=O) groups excluding carboxylic acids is 2. The average molecular weight is 415 g/mol. The minimum absolute atomic E-state index is 0.00472. The molecule has 0 saturated heterocycles. The topological polar surface area (TPSA) is 122 Å². The van der Waals surface area contributed by atoms with Crippen LogP contribution in [0.15, 0.2) is 53.3 Å². The van der Waals surface area contributed by atoms with E-state index < -0.39 is 17.9 Å². The number of hydrazine groups is 1. The molecule has 3 rings (SSSR count). The van der Waals surface area contributed by atoms with Gasteiger partial charge >= 0.3 is 6.01 Å². The van der Waals surface area contributed by atoms with E-state index in [1.165, 1.54) is 0 Å². The maximum atomic E-state index is 12.6. The van der Waals surface area contributed by atoms with Crippen molar-refractivity contribution in [1.82, 2.24) is 25.9 Å². The van der Waals surface area contributed by atoms with E-state index in [9.17, 15) is 9.59 Å². The number of hydrogen-bond acceptors (Lipinski definition) is 7. The zero-order valence-electron chi connectivity index (χ0n) is 15.7. The third-order valence-corrected chi connectivity index (χ3v) is 4.34. The van der Waals surface area contributed by atoms with E-state index >= 15 is 0 Å². The van der Waals surface area contributed by atoms with Crippen LogP contribution in [0.2, 0.25) is 5.02 Å². The molecule has 29 heavy (non-hydrogen) atoms. The first-order valence-corrected chi connectivity index (χ1v) is 9.19. The number of anilines is 1. The molecule has 0 aliphatic carbocycles.